The van der Waals surface area contributed by atoms with E-state index in [0.29, 0.717) is 0 Å². The van der Waals surface area contributed by atoms with Crippen molar-refractivity contribution in [3.63, 3.8) is 0 Å². The third kappa shape index (κ3) is 2.22. The summed E-state index contributed by atoms with van der Waals surface area (Å²) < 4.78 is 16.1. The molecule has 3 aromatic rings. The van der Waals surface area contributed by atoms with Crippen LogP contribution >= 0.6 is 15.9 Å². The van der Waals surface area contributed by atoms with Crippen LogP contribution in [0.4, 0.5) is 10.2 Å². The van der Waals surface area contributed by atoms with Crippen LogP contribution in [0.1, 0.15) is 5.56 Å². The molecule has 2 heterocycles. The van der Waals surface area contributed by atoms with E-state index in [1.807, 2.05) is 28.9 Å². The lowest BCUT2D eigenvalue weighted by Gasteiger charge is -2.06. The van der Waals surface area contributed by atoms with Gasteiger partial charge >= 0.3 is 0 Å². The molecule has 0 fully saturated rings. The number of nitrogens with one attached hydrogen (secondary N) is 1. The summed E-state index contributed by atoms with van der Waals surface area (Å²) in [7, 11) is 0. The number of rotatable bonds is 2. The van der Waals surface area contributed by atoms with Crippen LogP contribution in [0.25, 0.3) is 16.9 Å². The van der Waals surface area contributed by atoms with E-state index < -0.39 is 0 Å². The van der Waals surface area contributed by atoms with Crippen LogP contribution in [0.15, 0.2) is 53.0 Å². The highest BCUT2D eigenvalue weighted by molar-refractivity contribution is 9.10. The quantitative estimate of drug-likeness (QED) is 0.736. The van der Waals surface area contributed by atoms with E-state index in [-0.39, 0.29) is 5.82 Å². The first-order valence-electron chi connectivity index (χ1n) is 7.10. The van der Waals surface area contributed by atoms with Gasteiger partial charge in [-0.3, -0.25) is 0 Å². The summed E-state index contributed by atoms with van der Waals surface area (Å²) >= 11 is 3.50. The van der Waals surface area contributed by atoms with Crippen LogP contribution in [0, 0.1) is 5.82 Å². The minimum Gasteiger partial charge on any atom is -0.369 e. The van der Waals surface area contributed by atoms with Crippen LogP contribution in [0.3, 0.4) is 0 Å². The van der Waals surface area contributed by atoms with Gasteiger partial charge in [-0.1, -0.05) is 22.0 Å². The molecule has 0 bridgehead atoms. The maximum Gasteiger partial charge on any atom is 0.133 e. The average Bonchev–Trinajstić information content (AvgIpc) is 3.10. The summed E-state index contributed by atoms with van der Waals surface area (Å²) in [5.74, 6) is 0.794. The molecule has 0 atom stereocenters. The Morgan fingerprint density at radius 3 is 2.73 bits per heavy atom. The van der Waals surface area contributed by atoms with Gasteiger partial charge in [-0.15, -0.1) is 0 Å². The molecule has 1 aromatic heterocycles. The van der Waals surface area contributed by atoms with E-state index in [1.54, 1.807) is 12.1 Å². The molecule has 5 heteroatoms. The number of benzene rings is 2. The molecule has 0 amide bonds. The number of halogens is 2. The summed E-state index contributed by atoms with van der Waals surface area (Å²) in [6.45, 7) is 0.898. The Kier molecular flexibility index (Phi) is 3.22. The van der Waals surface area contributed by atoms with Crippen LogP contribution < -0.4 is 5.32 Å². The zero-order chi connectivity index (χ0) is 15.1. The monoisotopic (exact) mass is 357 g/mol. The van der Waals surface area contributed by atoms with Crippen molar-refractivity contribution in [2.24, 2.45) is 0 Å². The maximum atomic E-state index is 13.1. The maximum absolute atomic E-state index is 13.1. The number of fused-ring (bicyclic) bond motifs is 1. The number of nitrogens with zero attached hydrogens (tertiary/aromatic N) is 2. The molecule has 1 aliphatic heterocycles. The molecule has 2 aromatic carbocycles. The van der Waals surface area contributed by atoms with Crippen LogP contribution in [0.5, 0.6) is 0 Å². The van der Waals surface area contributed by atoms with E-state index in [2.05, 4.69) is 21.2 Å². The van der Waals surface area contributed by atoms with E-state index in [4.69, 9.17) is 5.10 Å². The normalized spacial score (nSPS) is 13.0. The van der Waals surface area contributed by atoms with Crippen molar-refractivity contribution in [2.75, 3.05) is 11.9 Å². The van der Waals surface area contributed by atoms with Gasteiger partial charge in [-0.2, -0.15) is 5.10 Å². The summed E-state index contributed by atoms with van der Waals surface area (Å²) in [4.78, 5) is 0. The summed E-state index contributed by atoms with van der Waals surface area (Å²) in [6.07, 6.45) is 0.927. The largest absolute Gasteiger partial charge is 0.369 e. The van der Waals surface area contributed by atoms with Crippen molar-refractivity contribution in [3.8, 4) is 16.9 Å². The zero-order valence-electron chi connectivity index (χ0n) is 11.7. The first-order chi connectivity index (χ1) is 10.7. The number of aromatic nitrogens is 2. The summed E-state index contributed by atoms with van der Waals surface area (Å²) in [6, 6.07) is 14.5. The molecule has 0 saturated heterocycles. The Bertz CT molecular complexity index is 840. The Balaban J connectivity index is 1.88. The third-order valence-corrected chi connectivity index (χ3v) is 4.31. The van der Waals surface area contributed by atoms with E-state index in [1.165, 1.54) is 17.7 Å². The Labute approximate surface area is 135 Å². The summed E-state index contributed by atoms with van der Waals surface area (Å²) in [5.41, 5.74) is 4.04. The smallest absolute Gasteiger partial charge is 0.133 e. The lowest BCUT2D eigenvalue weighted by Crippen LogP contribution is -2.04. The van der Waals surface area contributed by atoms with Crippen molar-refractivity contribution >= 4 is 21.7 Å². The van der Waals surface area contributed by atoms with Crippen LogP contribution in [0.2, 0.25) is 0 Å². The first-order valence-corrected chi connectivity index (χ1v) is 7.89. The van der Waals surface area contributed by atoms with Gasteiger partial charge in [-0.05, 0) is 48.9 Å². The van der Waals surface area contributed by atoms with Crippen LogP contribution in [-0.4, -0.2) is 16.3 Å². The lowest BCUT2D eigenvalue weighted by atomic mass is 10.1. The number of hydrogen-bond donors (Lipinski definition) is 1. The minimum absolute atomic E-state index is 0.232. The molecule has 0 unspecified atom stereocenters. The van der Waals surface area contributed by atoms with Gasteiger partial charge in [0.05, 0.1) is 11.4 Å². The topological polar surface area (TPSA) is 29.9 Å². The Morgan fingerprint density at radius 1 is 1.14 bits per heavy atom. The molecule has 0 aliphatic carbocycles. The molecule has 110 valence electrons. The Hall–Kier alpha value is -2.14. The molecule has 22 heavy (non-hydrogen) atoms. The second-order valence-electron chi connectivity index (χ2n) is 5.25. The second kappa shape index (κ2) is 5.25. The number of hydrogen-bond acceptors (Lipinski definition) is 2. The van der Waals surface area contributed by atoms with E-state index in [9.17, 15) is 4.39 Å². The fraction of sp³-hybridized carbons (Fsp3) is 0.118. The standard InChI is InChI=1S/C17H13BrFN3/c18-12-2-1-3-14(10-12)22-17-15(8-9-20-17)16(21-22)11-4-6-13(19)7-5-11/h1-7,10,20H,8-9H2. The highest BCUT2D eigenvalue weighted by Gasteiger charge is 2.23. The van der Waals surface area contributed by atoms with Crippen LogP contribution in [-0.2, 0) is 6.42 Å². The highest BCUT2D eigenvalue weighted by Crippen LogP contribution is 2.34. The molecule has 3 nitrogen and oxygen atoms in total. The van der Waals surface area contributed by atoms with Gasteiger partial charge in [0.25, 0.3) is 0 Å². The zero-order valence-corrected chi connectivity index (χ0v) is 13.3. The molecule has 1 aliphatic rings. The highest BCUT2D eigenvalue weighted by atomic mass is 79.9. The average molecular weight is 358 g/mol. The molecular weight excluding hydrogens is 345 g/mol. The predicted molar refractivity (Wildman–Crippen MR) is 88.9 cm³/mol. The van der Waals surface area contributed by atoms with Gasteiger partial charge < -0.3 is 5.32 Å². The van der Waals surface area contributed by atoms with Gasteiger partial charge in [0.2, 0.25) is 0 Å². The number of anilines is 1. The van der Waals surface area contributed by atoms with Crippen molar-refractivity contribution in [1.29, 1.82) is 0 Å². The predicted octanol–water partition coefficient (Wildman–Crippen LogP) is 4.41. The Morgan fingerprint density at radius 2 is 1.95 bits per heavy atom. The fourth-order valence-corrected chi connectivity index (χ4v) is 3.20. The van der Waals surface area contributed by atoms with Gasteiger partial charge in [-0.25, -0.2) is 9.07 Å². The molecule has 0 radical (unpaired) electrons. The molecule has 4 rings (SSSR count). The van der Waals surface area contributed by atoms with Crippen molar-refractivity contribution in [2.45, 2.75) is 6.42 Å². The lowest BCUT2D eigenvalue weighted by molar-refractivity contribution is 0.628. The van der Waals surface area contributed by atoms with E-state index in [0.717, 1.165) is 40.2 Å². The molecule has 0 saturated carbocycles. The minimum atomic E-state index is -0.232. The SMILES string of the molecule is Fc1ccc(-c2nn(-c3cccc(Br)c3)c3c2CCN3)cc1. The van der Waals surface area contributed by atoms with Gasteiger partial charge in [0.1, 0.15) is 11.6 Å². The van der Waals surface area contributed by atoms with Crippen molar-refractivity contribution in [1.82, 2.24) is 9.78 Å². The van der Waals surface area contributed by atoms with E-state index >= 15 is 0 Å². The van der Waals surface area contributed by atoms with Gasteiger partial charge in [0, 0.05) is 22.1 Å². The third-order valence-electron chi connectivity index (χ3n) is 3.82. The fourth-order valence-electron chi connectivity index (χ4n) is 2.81. The van der Waals surface area contributed by atoms with Crippen molar-refractivity contribution < 1.29 is 4.39 Å². The summed E-state index contributed by atoms with van der Waals surface area (Å²) in [5, 5.41) is 8.15. The molecular formula is C17H13BrFN3. The van der Waals surface area contributed by atoms with Crippen molar-refractivity contribution in [3.05, 3.63) is 64.4 Å². The molecule has 1 N–H and O–H groups in total. The molecule has 0 spiro atoms. The second-order valence-corrected chi connectivity index (χ2v) is 6.17. The first kappa shape index (κ1) is 13.5. The van der Waals surface area contributed by atoms with Gasteiger partial charge in [0.15, 0.2) is 0 Å².